The van der Waals surface area contributed by atoms with Gasteiger partial charge in [-0.25, -0.2) is 4.98 Å². The maximum atomic E-state index is 12.5. The number of thiazole rings is 1. The number of quaternary nitrogens is 1. The Balaban J connectivity index is 1.42. The standard InChI is InChI=1S/C21H23N3OS/c25-20(22-14-16-8-2-1-3-9-16)15-24-13-7-6-11-18(24)21-23-17-10-4-5-12-19(17)26-21/h1-5,8-10,12,18H,6-7,11,13-15H2,(H,22,25)/p+1/t18-/m0/s1. The molecule has 1 aliphatic rings. The molecule has 1 aliphatic heterocycles. The van der Waals surface area contributed by atoms with Gasteiger partial charge in [0.15, 0.2) is 11.6 Å². The van der Waals surface area contributed by atoms with Gasteiger partial charge in [0.05, 0.1) is 16.8 Å². The lowest BCUT2D eigenvalue weighted by atomic mass is 10.0. The van der Waals surface area contributed by atoms with Crippen LogP contribution in [0.15, 0.2) is 54.6 Å². The van der Waals surface area contributed by atoms with E-state index in [0.29, 0.717) is 19.1 Å². The third kappa shape index (κ3) is 3.94. The number of rotatable bonds is 5. The molecule has 5 heteroatoms. The van der Waals surface area contributed by atoms with Gasteiger partial charge in [-0.05, 0) is 30.5 Å². The second-order valence-corrected chi connectivity index (χ2v) is 7.98. The summed E-state index contributed by atoms with van der Waals surface area (Å²) >= 11 is 1.78. The van der Waals surface area contributed by atoms with E-state index in [9.17, 15) is 4.79 Å². The SMILES string of the molecule is O=C(C[NH+]1CCCC[C@H]1c1nc2ccccc2s1)NCc1ccccc1. The van der Waals surface area contributed by atoms with Crippen LogP contribution in [0.5, 0.6) is 0 Å². The number of hydrogen-bond donors (Lipinski definition) is 2. The molecule has 4 rings (SSSR count). The van der Waals surface area contributed by atoms with Crippen molar-refractivity contribution < 1.29 is 9.69 Å². The van der Waals surface area contributed by atoms with Gasteiger partial charge in [0.25, 0.3) is 5.91 Å². The van der Waals surface area contributed by atoms with Gasteiger partial charge in [0, 0.05) is 13.0 Å². The molecule has 0 spiro atoms. The molecule has 4 nitrogen and oxygen atoms in total. The summed E-state index contributed by atoms with van der Waals surface area (Å²) in [5.41, 5.74) is 2.21. The minimum atomic E-state index is 0.122. The van der Waals surface area contributed by atoms with Gasteiger partial charge in [-0.3, -0.25) is 4.79 Å². The Kier molecular flexibility index (Phi) is 5.27. The van der Waals surface area contributed by atoms with Crippen molar-refractivity contribution in [2.75, 3.05) is 13.1 Å². The number of carbonyl (C=O) groups excluding carboxylic acids is 1. The third-order valence-corrected chi connectivity index (χ3v) is 6.21. The first kappa shape index (κ1) is 17.2. The fraction of sp³-hybridized carbons (Fsp3) is 0.333. The lowest BCUT2D eigenvalue weighted by molar-refractivity contribution is -0.929. The molecule has 2 heterocycles. The molecular formula is C21H24N3OS+. The fourth-order valence-corrected chi connectivity index (χ4v) is 4.85. The second-order valence-electron chi connectivity index (χ2n) is 6.92. The molecule has 0 saturated carbocycles. The van der Waals surface area contributed by atoms with Crippen molar-refractivity contribution in [2.24, 2.45) is 0 Å². The first-order valence-electron chi connectivity index (χ1n) is 9.30. The number of carbonyl (C=O) groups is 1. The maximum absolute atomic E-state index is 12.5. The largest absolute Gasteiger partial charge is 0.347 e. The molecule has 1 saturated heterocycles. The Bertz CT molecular complexity index is 844. The van der Waals surface area contributed by atoms with E-state index in [-0.39, 0.29) is 5.91 Å². The Morgan fingerprint density at radius 1 is 1.12 bits per heavy atom. The van der Waals surface area contributed by atoms with Crippen LogP contribution in [0.1, 0.15) is 35.9 Å². The van der Waals surface area contributed by atoms with Crippen LogP contribution in [0.3, 0.4) is 0 Å². The summed E-state index contributed by atoms with van der Waals surface area (Å²) in [5.74, 6) is 0.122. The van der Waals surface area contributed by atoms with E-state index in [0.717, 1.165) is 24.0 Å². The van der Waals surface area contributed by atoms with E-state index in [2.05, 4.69) is 23.5 Å². The number of amides is 1. The number of hydrogen-bond acceptors (Lipinski definition) is 3. The molecule has 134 valence electrons. The molecule has 0 aliphatic carbocycles. The summed E-state index contributed by atoms with van der Waals surface area (Å²) in [6, 6.07) is 18.7. The molecule has 0 bridgehead atoms. The van der Waals surface area contributed by atoms with Crippen LogP contribution < -0.4 is 10.2 Å². The van der Waals surface area contributed by atoms with Crippen LogP contribution in [0, 0.1) is 0 Å². The molecule has 26 heavy (non-hydrogen) atoms. The van der Waals surface area contributed by atoms with E-state index < -0.39 is 0 Å². The van der Waals surface area contributed by atoms with E-state index >= 15 is 0 Å². The molecule has 0 radical (unpaired) electrons. The van der Waals surface area contributed by atoms with Crippen LogP contribution in [0.25, 0.3) is 10.2 Å². The van der Waals surface area contributed by atoms with Crippen LogP contribution in [0.2, 0.25) is 0 Å². The zero-order valence-electron chi connectivity index (χ0n) is 14.8. The minimum Gasteiger partial charge on any atom is -0.347 e. The highest BCUT2D eigenvalue weighted by atomic mass is 32.1. The Hall–Kier alpha value is -2.24. The topological polar surface area (TPSA) is 46.4 Å². The maximum Gasteiger partial charge on any atom is 0.275 e. The average molecular weight is 367 g/mol. The summed E-state index contributed by atoms with van der Waals surface area (Å²) in [6.45, 7) is 2.16. The summed E-state index contributed by atoms with van der Waals surface area (Å²) in [6.07, 6.45) is 3.51. The number of aromatic nitrogens is 1. The fourth-order valence-electron chi connectivity index (χ4n) is 3.69. The predicted octanol–water partition coefficient (Wildman–Crippen LogP) is 2.72. The number of para-hydroxylation sites is 1. The zero-order chi connectivity index (χ0) is 17.8. The zero-order valence-corrected chi connectivity index (χ0v) is 15.6. The van der Waals surface area contributed by atoms with Crippen LogP contribution in [-0.2, 0) is 11.3 Å². The van der Waals surface area contributed by atoms with Crippen LogP contribution in [-0.4, -0.2) is 24.0 Å². The van der Waals surface area contributed by atoms with Crippen molar-refractivity contribution in [2.45, 2.75) is 31.8 Å². The van der Waals surface area contributed by atoms with E-state index in [4.69, 9.17) is 4.98 Å². The number of fused-ring (bicyclic) bond motifs is 1. The van der Waals surface area contributed by atoms with E-state index in [1.165, 1.54) is 27.4 Å². The summed E-state index contributed by atoms with van der Waals surface area (Å²) < 4.78 is 1.24. The predicted molar refractivity (Wildman–Crippen MR) is 105 cm³/mol. The first-order chi connectivity index (χ1) is 12.8. The Morgan fingerprint density at radius 3 is 2.77 bits per heavy atom. The van der Waals surface area contributed by atoms with Crippen molar-refractivity contribution in [3.63, 3.8) is 0 Å². The third-order valence-electron chi connectivity index (χ3n) is 5.06. The van der Waals surface area contributed by atoms with Gasteiger partial charge in [-0.2, -0.15) is 0 Å². The lowest BCUT2D eigenvalue weighted by Gasteiger charge is -2.30. The van der Waals surface area contributed by atoms with E-state index in [1.807, 2.05) is 36.4 Å². The minimum absolute atomic E-state index is 0.122. The Labute approximate surface area is 157 Å². The van der Waals surface area contributed by atoms with Crippen molar-refractivity contribution >= 4 is 27.5 Å². The normalized spacial score (nSPS) is 20.2. The molecule has 1 fully saturated rings. The molecule has 2 atom stereocenters. The average Bonchev–Trinajstić information content (AvgIpc) is 3.12. The smallest absolute Gasteiger partial charge is 0.275 e. The highest BCUT2D eigenvalue weighted by Gasteiger charge is 2.31. The highest BCUT2D eigenvalue weighted by molar-refractivity contribution is 7.18. The molecule has 2 N–H and O–H groups in total. The first-order valence-corrected chi connectivity index (χ1v) is 10.1. The number of benzene rings is 2. The van der Waals surface area contributed by atoms with E-state index in [1.54, 1.807) is 11.3 Å². The number of nitrogens with zero attached hydrogens (tertiary/aromatic N) is 1. The number of likely N-dealkylation sites (tertiary alicyclic amines) is 1. The summed E-state index contributed by atoms with van der Waals surface area (Å²) in [5, 5.41) is 4.25. The van der Waals surface area contributed by atoms with Gasteiger partial charge in [0.1, 0.15) is 6.04 Å². The second kappa shape index (κ2) is 7.98. The molecule has 1 unspecified atom stereocenters. The monoisotopic (exact) mass is 366 g/mol. The number of nitrogens with one attached hydrogen (secondary N) is 2. The van der Waals surface area contributed by atoms with Gasteiger partial charge < -0.3 is 10.2 Å². The van der Waals surface area contributed by atoms with Crippen molar-refractivity contribution in [1.29, 1.82) is 0 Å². The Morgan fingerprint density at radius 2 is 1.92 bits per heavy atom. The number of piperidine rings is 1. The molecule has 1 amide bonds. The van der Waals surface area contributed by atoms with Gasteiger partial charge >= 0.3 is 0 Å². The molecule has 3 aromatic rings. The summed E-state index contributed by atoms with van der Waals surface area (Å²) in [7, 11) is 0. The van der Waals surface area contributed by atoms with Crippen LogP contribution >= 0.6 is 11.3 Å². The lowest BCUT2D eigenvalue weighted by Crippen LogP contribution is -3.14. The van der Waals surface area contributed by atoms with Crippen molar-refractivity contribution in [3.8, 4) is 0 Å². The molecule has 2 aromatic carbocycles. The molecular weight excluding hydrogens is 342 g/mol. The van der Waals surface area contributed by atoms with Gasteiger partial charge in [-0.15, -0.1) is 11.3 Å². The van der Waals surface area contributed by atoms with Crippen LogP contribution in [0.4, 0.5) is 0 Å². The van der Waals surface area contributed by atoms with Gasteiger partial charge in [0.2, 0.25) is 0 Å². The quantitative estimate of drug-likeness (QED) is 0.729. The summed E-state index contributed by atoms with van der Waals surface area (Å²) in [4.78, 5) is 18.7. The van der Waals surface area contributed by atoms with Gasteiger partial charge in [-0.1, -0.05) is 42.5 Å². The molecule has 1 aromatic heterocycles. The van der Waals surface area contributed by atoms with Crippen molar-refractivity contribution in [1.82, 2.24) is 10.3 Å². The van der Waals surface area contributed by atoms with Crippen molar-refractivity contribution in [3.05, 3.63) is 65.2 Å². The highest BCUT2D eigenvalue weighted by Crippen LogP contribution is 2.28.